The number of hydrogen-bond acceptors (Lipinski definition) is 4. The zero-order chi connectivity index (χ0) is 14.4. The fourth-order valence-electron chi connectivity index (χ4n) is 1.60. The molecule has 0 aliphatic carbocycles. The van der Waals surface area contributed by atoms with Crippen LogP contribution in [0.3, 0.4) is 0 Å². The Kier molecular flexibility index (Phi) is 5.61. The second kappa shape index (κ2) is 6.98. The summed E-state index contributed by atoms with van der Waals surface area (Å²) >= 11 is 0. The standard InChI is InChI=1S/C10H14F2N2O5/c11-7(12)5-19-2-1-9(16)14-4-8(15)13-3-6(14)10(17)18/h6-7H,1-5H2,(H,13,15)(H,17,18). The minimum Gasteiger partial charge on any atom is -0.480 e. The van der Waals surface area contributed by atoms with E-state index in [4.69, 9.17) is 5.11 Å². The van der Waals surface area contributed by atoms with E-state index in [2.05, 4.69) is 10.1 Å². The molecule has 1 rings (SSSR count). The molecular formula is C10H14F2N2O5. The van der Waals surface area contributed by atoms with Crippen LogP contribution in [0, 0.1) is 0 Å². The number of carbonyl (C=O) groups is 3. The highest BCUT2D eigenvalue weighted by Crippen LogP contribution is 2.07. The zero-order valence-corrected chi connectivity index (χ0v) is 9.97. The van der Waals surface area contributed by atoms with E-state index in [0.717, 1.165) is 4.90 Å². The fraction of sp³-hybridized carbons (Fsp3) is 0.700. The van der Waals surface area contributed by atoms with Crippen molar-refractivity contribution < 1.29 is 33.0 Å². The lowest BCUT2D eigenvalue weighted by Gasteiger charge is -2.32. The Morgan fingerprint density at radius 2 is 2.21 bits per heavy atom. The van der Waals surface area contributed by atoms with E-state index in [-0.39, 0.29) is 26.1 Å². The molecular weight excluding hydrogens is 266 g/mol. The molecule has 1 atom stereocenters. The summed E-state index contributed by atoms with van der Waals surface area (Å²) in [5, 5.41) is 11.2. The third-order valence-corrected chi connectivity index (χ3v) is 2.49. The number of carboxylic acid groups (broad SMARTS) is 1. The minimum absolute atomic E-state index is 0.169. The average Bonchev–Trinajstić information content (AvgIpc) is 2.33. The minimum atomic E-state index is -2.62. The molecule has 1 aliphatic rings. The van der Waals surface area contributed by atoms with Crippen molar-refractivity contribution in [2.24, 2.45) is 0 Å². The Morgan fingerprint density at radius 3 is 2.79 bits per heavy atom. The molecule has 0 spiro atoms. The largest absolute Gasteiger partial charge is 0.480 e. The van der Waals surface area contributed by atoms with Gasteiger partial charge >= 0.3 is 5.97 Å². The van der Waals surface area contributed by atoms with Crippen LogP contribution < -0.4 is 5.32 Å². The van der Waals surface area contributed by atoms with Crippen LogP contribution in [0.25, 0.3) is 0 Å². The van der Waals surface area contributed by atoms with E-state index in [1.165, 1.54) is 0 Å². The molecule has 1 aliphatic heterocycles. The van der Waals surface area contributed by atoms with Gasteiger partial charge in [-0.1, -0.05) is 0 Å². The molecule has 0 aromatic heterocycles. The molecule has 19 heavy (non-hydrogen) atoms. The van der Waals surface area contributed by atoms with Crippen molar-refractivity contribution >= 4 is 17.8 Å². The third kappa shape index (κ3) is 4.78. The summed E-state index contributed by atoms with van der Waals surface area (Å²) in [5.74, 6) is -2.31. The van der Waals surface area contributed by atoms with Gasteiger partial charge in [0, 0.05) is 6.54 Å². The first-order valence-electron chi connectivity index (χ1n) is 5.56. The lowest BCUT2D eigenvalue weighted by atomic mass is 10.1. The first kappa shape index (κ1) is 15.3. The van der Waals surface area contributed by atoms with Crippen LogP contribution in [0.4, 0.5) is 8.78 Å². The van der Waals surface area contributed by atoms with Crippen LogP contribution in [-0.4, -0.2) is 66.6 Å². The maximum atomic E-state index is 11.8. The molecule has 0 radical (unpaired) electrons. The van der Waals surface area contributed by atoms with Crippen molar-refractivity contribution in [2.75, 3.05) is 26.3 Å². The van der Waals surface area contributed by atoms with Gasteiger partial charge in [-0.05, 0) is 0 Å². The topological polar surface area (TPSA) is 95.9 Å². The molecule has 2 amide bonds. The summed E-state index contributed by atoms with van der Waals surface area (Å²) in [4.78, 5) is 34.7. The summed E-state index contributed by atoms with van der Waals surface area (Å²) in [6.07, 6.45) is -2.87. The summed E-state index contributed by atoms with van der Waals surface area (Å²) < 4.78 is 28.1. The van der Waals surface area contributed by atoms with E-state index >= 15 is 0 Å². The van der Waals surface area contributed by atoms with E-state index in [9.17, 15) is 23.2 Å². The summed E-state index contributed by atoms with van der Waals surface area (Å²) in [7, 11) is 0. The van der Waals surface area contributed by atoms with E-state index in [0.29, 0.717) is 0 Å². The Hall–Kier alpha value is -1.77. The van der Waals surface area contributed by atoms with Crippen LogP contribution in [0.15, 0.2) is 0 Å². The van der Waals surface area contributed by atoms with Crippen molar-refractivity contribution in [2.45, 2.75) is 18.9 Å². The van der Waals surface area contributed by atoms with Crippen molar-refractivity contribution in [3.8, 4) is 0 Å². The monoisotopic (exact) mass is 280 g/mol. The number of halogens is 2. The van der Waals surface area contributed by atoms with Crippen molar-refractivity contribution in [1.82, 2.24) is 10.2 Å². The van der Waals surface area contributed by atoms with Crippen LogP contribution >= 0.6 is 0 Å². The number of nitrogens with one attached hydrogen (secondary N) is 1. The van der Waals surface area contributed by atoms with Gasteiger partial charge < -0.3 is 20.1 Å². The number of nitrogens with zero attached hydrogens (tertiary/aromatic N) is 1. The summed E-state index contributed by atoms with van der Waals surface area (Å²) in [6.45, 7) is -1.55. The van der Waals surface area contributed by atoms with Gasteiger partial charge in [-0.2, -0.15) is 0 Å². The highest BCUT2D eigenvalue weighted by Gasteiger charge is 2.34. The number of rotatable bonds is 6. The number of carboxylic acids is 1. The normalized spacial score (nSPS) is 19.4. The summed E-state index contributed by atoms with van der Waals surface area (Å²) in [6, 6.07) is -1.14. The van der Waals surface area contributed by atoms with E-state index < -0.39 is 36.9 Å². The van der Waals surface area contributed by atoms with Gasteiger partial charge in [0.2, 0.25) is 11.8 Å². The Bertz CT molecular complexity index is 364. The maximum Gasteiger partial charge on any atom is 0.328 e. The molecule has 1 heterocycles. The van der Waals surface area contributed by atoms with E-state index in [1.807, 2.05) is 0 Å². The number of alkyl halides is 2. The van der Waals surface area contributed by atoms with Gasteiger partial charge in [-0.3, -0.25) is 9.59 Å². The molecule has 1 saturated heterocycles. The number of carbonyl (C=O) groups excluding carboxylic acids is 2. The molecule has 1 fully saturated rings. The highest BCUT2D eigenvalue weighted by molar-refractivity contribution is 5.91. The quantitative estimate of drug-likeness (QED) is 0.613. The molecule has 0 bridgehead atoms. The predicted molar refractivity (Wildman–Crippen MR) is 57.6 cm³/mol. The van der Waals surface area contributed by atoms with Crippen molar-refractivity contribution in [1.29, 1.82) is 0 Å². The van der Waals surface area contributed by atoms with Gasteiger partial charge in [0.1, 0.15) is 19.2 Å². The fourth-order valence-corrected chi connectivity index (χ4v) is 1.60. The smallest absolute Gasteiger partial charge is 0.328 e. The lowest BCUT2D eigenvalue weighted by Crippen LogP contribution is -2.59. The van der Waals surface area contributed by atoms with Crippen LogP contribution in [0.1, 0.15) is 6.42 Å². The van der Waals surface area contributed by atoms with Gasteiger partial charge in [0.05, 0.1) is 13.0 Å². The van der Waals surface area contributed by atoms with Crippen LogP contribution in [0.2, 0.25) is 0 Å². The number of ether oxygens (including phenoxy) is 1. The molecule has 0 aromatic rings. The Morgan fingerprint density at radius 1 is 1.53 bits per heavy atom. The SMILES string of the molecule is O=C1CN(C(=O)CCOCC(F)F)C(C(=O)O)CN1. The van der Waals surface area contributed by atoms with Crippen molar-refractivity contribution in [3.05, 3.63) is 0 Å². The molecule has 7 nitrogen and oxygen atoms in total. The zero-order valence-electron chi connectivity index (χ0n) is 9.97. The number of piperazine rings is 1. The molecule has 1 unspecified atom stereocenters. The van der Waals surface area contributed by atoms with Crippen LogP contribution in [0.5, 0.6) is 0 Å². The van der Waals surface area contributed by atoms with Gasteiger partial charge in [-0.15, -0.1) is 0 Å². The average molecular weight is 280 g/mol. The molecule has 0 aromatic carbocycles. The van der Waals surface area contributed by atoms with Gasteiger partial charge in [0.15, 0.2) is 0 Å². The summed E-state index contributed by atoms with van der Waals surface area (Å²) in [5.41, 5.74) is 0. The van der Waals surface area contributed by atoms with E-state index in [1.54, 1.807) is 0 Å². The number of amides is 2. The first-order valence-corrected chi connectivity index (χ1v) is 5.56. The molecule has 108 valence electrons. The second-order valence-corrected chi connectivity index (χ2v) is 3.90. The molecule has 2 N–H and O–H groups in total. The molecule has 0 saturated carbocycles. The number of aliphatic carboxylic acids is 1. The first-order chi connectivity index (χ1) is 8.91. The second-order valence-electron chi connectivity index (χ2n) is 3.90. The number of hydrogen-bond donors (Lipinski definition) is 2. The lowest BCUT2D eigenvalue weighted by molar-refractivity contribution is -0.154. The van der Waals surface area contributed by atoms with Gasteiger partial charge in [0.25, 0.3) is 6.43 Å². The molecule has 9 heteroatoms. The van der Waals surface area contributed by atoms with Crippen molar-refractivity contribution in [3.63, 3.8) is 0 Å². The Labute approximate surface area is 107 Å². The maximum absolute atomic E-state index is 11.8. The predicted octanol–water partition coefficient (Wildman–Crippen LogP) is -0.930. The third-order valence-electron chi connectivity index (χ3n) is 2.49. The van der Waals surface area contributed by atoms with Gasteiger partial charge in [-0.25, -0.2) is 13.6 Å². The van der Waals surface area contributed by atoms with Crippen LogP contribution in [-0.2, 0) is 19.1 Å². The Balaban J connectivity index is 2.47. The highest BCUT2D eigenvalue weighted by atomic mass is 19.3.